The zero-order valence-electron chi connectivity index (χ0n) is 13.3. The predicted molar refractivity (Wildman–Crippen MR) is 85.0 cm³/mol. The second-order valence-corrected chi connectivity index (χ2v) is 8.10. The zero-order chi connectivity index (χ0) is 13.9. The molecule has 3 aliphatic rings. The fourth-order valence-electron chi connectivity index (χ4n) is 5.70. The standard InChI is InChI=1S/C18H34N2/c1-13-5-4-8-16(11-13)18(20-19)17-10-9-14-6-2-3-7-15(14)12-17/h13-18,20H,2-12,19H2,1H3. The molecule has 6 unspecified atom stereocenters. The molecule has 2 nitrogen and oxygen atoms in total. The normalized spacial score (nSPS) is 43.8. The molecule has 6 atom stereocenters. The van der Waals surface area contributed by atoms with Crippen LogP contribution < -0.4 is 11.3 Å². The molecule has 3 aliphatic carbocycles. The summed E-state index contributed by atoms with van der Waals surface area (Å²) in [5.41, 5.74) is 3.26. The molecular weight excluding hydrogens is 244 g/mol. The molecule has 0 spiro atoms. The van der Waals surface area contributed by atoms with Gasteiger partial charge >= 0.3 is 0 Å². The van der Waals surface area contributed by atoms with Gasteiger partial charge in [-0.3, -0.25) is 11.3 Å². The van der Waals surface area contributed by atoms with Gasteiger partial charge in [0, 0.05) is 6.04 Å². The molecular formula is C18H34N2. The summed E-state index contributed by atoms with van der Waals surface area (Å²) in [6.07, 6.45) is 16.0. The third-order valence-electron chi connectivity index (χ3n) is 6.77. The van der Waals surface area contributed by atoms with Gasteiger partial charge in [-0.25, -0.2) is 0 Å². The molecule has 0 aromatic carbocycles. The van der Waals surface area contributed by atoms with Crippen molar-refractivity contribution in [1.29, 1.82) is 0 Å². The molecule has 20 heavy (non-hydrogen) atoms. The van der Waals surface area contributed by atoms with Crippen LogP contribution in [0.3, 0.4) is 0 Å². The molecule has 0 aliphatic heterocycles. The van der Waals surface area contributed by atoms with E-state index in [1.54, 1.807) is 0 Å². The van der Waals surface area contributed by atoms with E-state index in [1.807, 2.05) is 0 Å². The third-order valence-corrected chi connectivity index (χ3v) is 6.77. The number of rotatable bonds is 3. The maximum atomic E-state index is 6.00. The lowest BCUT2D eigenvalue weighted by atomic mass is 9.63. The molecule has 0 amide bonds. The van der Waals surface area contributed by atoms with Crippen molar-refractivity contribution in [2.45, 2.75) is 83.6 Å². The Morgan fingerprint density at radius 1 is 0.800 bits per heavy atom. The van der Waals surface area contributed by atoms with Crippen molar-refractivity contribution in [1.82, 2.24) is 5.43 Å². The van der Waals surface area contributed by atoms with Crippen molar-refractivity contribution in [3.63, 3.8) is 0 Å². The fourth-order valence-corrected chi connectivity index (χ4v) is 5.70. The van der Waals surface area contributed by atoms with Crippen LogP contribution in [0.5, 0.6) is 0 Å². The predicted octanol–water partition coefficient (Wildman–Crippen LogP) is 4.25. The minimum absolute atomic E-state index is 0.598. The Hall–Kier alpha value is -0.0800. The van der Waals surface area contributed by atoms with Crippen LogP contribution in [0.2, 0.25) is 0 Å². The van der Waals surface area contributed by atoms with Crippen LogP contribution in [0, 0.1) is 29.6 Å². The Labute approximate surface area is 125 Å². The molecule has 3 rings (SSSR count). The first kappa shape index (κ1) is 14.8. The van der Waals surface area contributed by atoms with Crippen LogP contribution in [-0.2, 0) is 0 Å². The molecule has 0 radical (unpaired) electrons. The van der Waals surface area contributed by atoms with Crippen LogP contribution in [0.25, 0.3) is 0 Å². The molecule has 0 aromatic rings. The lowest BCUT2D eigenvalue weighted by Gasteiger charge is -2.44. The number of fused-ring (bicyclic) bond motifs is 1. The maximum Gasteiger partial charge on any atom is 0.0267 e. The largest absolute Gasteiger partial charge is 0.271 e. The van der Waals surface area contributed by atoms with Crippen LogP contribution in [0.15, 0.2) is 0 Å². The molecule has 0 saturated heterocycles. The highest BCUT2D eigenvalue weighted by Gasteiger charge is 2.38. The van der Waals surface area contributed by atoms with E-state index < -0.39 is 0 Å². The molecule has 0 heterocycles. The summed E-state index contributed by atoms with van der Waals surface area (Å²) in [5, 5.41) is 0. The van der Waals surface area contributed by atoms with E-state index in [0.717, 1.165) is 29.6 Å². The Morgan fingerprint density at radius 3 is 2.30 bits per heavy atom. The Kier molecular flexibility index (Phi) is 5.04. The molecule has 3 saturated carbocycles. The summed E-state index contributed by atoms with van der Waals surface area (Å²) in [7, 11) is 0. The SMILES string of the molecule is CC1CCCC(C(NN)C2CCC3CCCCC3C2)C1. The highest BCUT2D eigenvalue weighted by molar-refractivity contribution is 4.91. The van der Waals surface area contributed by atoms with Crippen molar-refractivity contribution in [3.05, 3.63) is 0 Å². The van der Waals surface area contributed by atoms with Crippen LogP contribution in [0.4, 0.5) is 0 Å². The summed E-state index contributed by atoms with van der Waals surface area (Å²) >= 11 is 0. The van der Waals surface area contributed by atoms with Crippen molar-refractivity contribution >= 4 is 0 Å². The van der Waals surface area contributed by atoms with Gasteiger partial charge in [0.2, 0.25) is 0 Å². The van der Waals surface area contributed by atoms with E-state index >= 15 is 0 Å². The Balaban J connectivity index is 1.61. The van der Waals surface area contributed by atoms with Gasteiger partial charge < -0.3 is 0 Å². The van der Waals surface area contributed by atoms with Gasteiger partial charge in [-0.1, -0.05) is 45.4 Å². The average Bonchev–Trinajstić information content (AvgIpc) is 2.48. The lowest BCUT2D eigenvalue weighted by molar-refractivity contribution is 0.0793. The van der Waals surface area contributed by atoms with Gasteiger partial charge in [0.05, 0.1) is 0 Å². The van der Waals surface area contributed by atoms with Crippen molar-refractivity contribution in [3.8, 4) is 0 Å². The Morgan fingerprint density at radius 2 is 1.55 bits per heavy atom. The van der Waals surface area contributed by atoms with E-state index in [4.69, 9.17) is 5.84 Å². The van der Waals surface area contributed by atoms with E-state index in [1.165, 1.54) is 70.6 Å². The first-order chi connectivity index (χ1) is 9.78. The summed E-state index contributed by atoms with van der Waals surface area (Å²) < 4.78 is 0. The second kappa shape index (κ2) is 6.79. The fraction of sp³-hybridized carbons (Fsp3) is 1.00. The first-order valence-electron chi connectivity index (χ1n) is 9.24. The van der Waals surface area contributed by atoms with Crippen molar-refractivity contribution in [2.75, 3.05) is 0 Å². The average molecular weight is 278 g/mol. The number of nitrogens with two attached hydrogens (primary N) is 1. The molecule has 3 N–H and O–H groups in total. The van der Waals surface area contributed by atoms with Gasteiger partial charge in [0.25, 0.3) is 0 Å². The van der Waals surface area contributed by atoms with E-state index in [0.29, 0.717) is 6.04 Å². The van der Waals surface area contributed by atoms with Gasteiger partial charge in [-0.2, -0.15) is 0 Å². The van der Waals surface area contributed by atoms with Crippen molar-refractivity contribution < 1.29 is 0 Å². The maximum absolute atomic E-state index is 6.00. The first-order valence-corrected chi connectivity index (χ1v) is 9.24. The topological polar surface area (TPSA) is 38.0 Å². The summed E-state index contributed by atoms with van der Waals surface area (Å²) in [6, 6.07) is 0.598. The van der Waals surface area contributed by atoms with Gasteiger partial charge in [-0.15, -0.1) is 0 Å². The number of nitrogens with one attached hydrogen (secondary N) is 1. The Bertz CT molecular complexity index is 304. The highest BCUT2D eigenvalue weighted by atomic mass is 15.2. The van der Waals surface area contributed by atoms with Crippen LogP contribution in [-0.4, -0.2) is 6.04 Å². The molecule has 0 aromatic heterocycles. The summed E-state index contributed by atoms with van der Waals surface area (Å²) in [6.45, 7) is 2.43. The lowest BCUT2D eigenvalue weighted by Crippen LogP contribution is -2.49. The quantitative estimate of drug-likeness (QED) is 0.598. The van der Waals surface area contributed by atoms with Crippen LogP contribution in [0.1, 0.15) is 77.6 Å². The van der Waals surface area contributed by atoms with E-state index in [2.05, 4.69) is 12.3 Å². The minimum atomic E-state index is 0.598. The molecule has 0 bridgehead atoms. The summed E-state index contributed by atoms with van der Waals surface area (Å²) in [4.78, 5) is 0. The van der Waals surface area contributed by atoms with Crippen molar-refractivity contribution in [2.24, 2.45) is 35.4 Å². The molecule has 116 valence electrons. The van der Waals surface area contributed by atoms with Gasteiger partial charge in [0.15, 0.2) is 0 Å². The number of hydrogen-bond acceptors (Lipinski definition) is 2. The van der Waals surface area contributed by atoms with Crippen LogP contribution >= 0.6 is 0 Å². The highest BCUT2D eigenvalue weighted by Crippen LogP contribution is 2.45. The minimum Gasteiger partial charge on any atom is -0.271 e. The number of hydrazine groups is 1. The smallest absolute Gasteiger partial charge is 0.0267 e. The molecule has 2 heteroatoms. The molecule has 3 fully saturated rings. The third kappa shape index (κ3) is 3.22. The number of hydrogen-bond donors (Lipinski definition) is 2. The summed E-state index contributed by atoms with van der Waals surface area (Å²) in [5.74, 6) is 10.7. The van der Waals surface area contributed by atoms with E-state index in [9.17, 15) is 0 Å². The zero-order valence-corrected chi connectivity index (χ0v) is 13.3. The van der Waals surface area contributed by atoms with E-state index in [-0.39, 0.29) is 0 Å². The monoisotopic (exact) mass is 278 g/mol. The van der Waals surface area contributed by atoms with Gasteiger partial charge in [-0.05, 0) is 61.7 Å². The van der Waals surface area contributed by atoms with Gasteiger partial charge in [0.1, 0.15) is 0 Å². The second-order valence-electron chi connectivity index (χ2n) is 8.10.